The molecule has 3 aromatic rings. The van der Waals surface area contributed by atoms with Crippen LogP contribution in [-0.4, -0.2) is 35.4 Å². The van der Waals surface area contributed by atoms with Crippen LogP contribution < -0.4 is 14.2 Å². The van der Waals surface area contributed by atoms with Gasteiger partial charge in [0.15, 0.2) is 11.5 Å². The summed E-state index contributed by atoms with van der Waals surface area (Å²) in [6.07, 6.45) is 1.48. The number of hydrogen-bond donors (Lipinski definition) is 1. The number of carbonyl (C=O) groups is 1. The van der Waals surface area contributed by atoms with E-state index >= 15 is 0 Å². The Bertz CT molecular complexity index is 1080. The van der Waals surface area contributed by atoms with Gasteiger partial charge in [-0.05, 0) is 60.4 Å². The van der Waals surface area contributed by atoms with Crippen LogP contribution in [0.2, 0.25) is 0 Å². The third-order valence-electron chi connectivity index (χ3n) is 5.78. The summed E-state index contributed by atoms with van der Waals surface area (Å²) >= 11 is 0. The number of hydrogen-bond acceptors (Lipinski definition) is 5. The van der Waals surface area contributed by atoms with Gasteiger partial charge < -0.3 is 19.3 Å². The molecule has 2 unspecified atom stereocenters. The van der Waals surface area contributed by atoms with Crippen molar-refractivity contribution >= 4 is 5.97 Å². The molecule has 0 radical (unpaired) electrons. The first-order valence-electron chi connectivity index (χ1n) is 10.4. The number of fused-ring (bicyclic) bond motifs is 1. The first-order chi connectivity index (χ1) is 15.2. The van der Waals surface area contributed by atoms with Crippen molar-refractivity contribution in [2.45, 2.75) is 24.9 Å². The van der Waals surface area contributed by atoms with E-state index in [4.69, 9.17) is 14.2 Å². The molecule has 0 aromatic heterocycles. The molecular formula is C25H23NO5. The van der Waals surface area contributed by atoms with Gasteiger partial charge in [0.05, 0.1) is 6.04 Å². The minimum atomic E-state index is -0.792. The lowest BCUT2D eigenvalue weighted by molar-refractivity contribution is -0.142. The molecule has 3 aromatic carbocycles. The Labute approximate surface area is 180 Å². The van der Waals surface area contributed by atoms with Crippen LogP contribution >= 0.6 is 0 Å². The lowest BCUT2D eigenvalue weighted by atomic mass is 9.95. The maximum atomic E-state index is 12.0. The van der Waals surface area contributed by atoms with Crippen LogP contribution in [0.4, 0.5) is 0 Å². The number of ether oxygens (including phenoxy) is 3. The van der Waals surface area contributed by atoms with Crippen LogP contribution in [0.15, 0.2) is 72.8 Å². The summed E-state index contributed by atoms with van der Waals surface area (Å²) in [5.74, 6) is 2.06. The fourth-order valence-corrected chi connectivity index (χ4v) is 4.39. The summed E-state index contributed by atoms with van der Waals surface area (Å²) in [6.45, 7) is 0.908. The lowest BCUT2D eigenvalue weighted by Crippen LogP contribution is -2.39. The molecule has 1 fully saturated rings. The molecule has 0 aliphatic carbocycles. The largest absolute Gasteiger partial charge is 0.480 e. The number of rotatable bonds is 6. The molecule has 2 aliphatic heterocycles. The molecule has 1 N–H and O–H groups in total. The molecule has 2 atom stereocenters. The standard InChI is InChI=1S/C25H23NO5/c27-25(28)21-10-5-13-26(21)24(18-11-12-22-23(15-18)30-16-29-22)17-6-4-9-20(14-17)31-19-7-2-1-3-8-19/h1-4,6-9,11-12,14-15,21,24H,5,10,13,16H2,(H,27,28). The zero-order valence-electron chi connectivity index (χ0n) is 16.9. The van der Waals surface area contributed by atoms with Gasteiger partial charge in [-0.2, -0.15) is 0 Å². The average molecular weight is 417 g/mol. The number of para-hydroxylation sites is 1. The minimum absolute atomic E-state index is 0.200. The van der Waals surface area contributed by atoms with E-state index in [1.165, 1.54) is 0 Å². The van der Waals surface area contributed by atoms with Crippen molar-refractivity contribution in [2.24, 2.45) is 0 Å². The highest BCUT2D eigenvalue weighted by atomic mass is 16.7. The van der Waals surface area contributed by atoms with E-state index in [2.05, 4.69) is 4.90 Å². The molecule has 31 heavy (non-hydrogen) atoms. The Morgan fingerprint density at radius 3 is 2.55 bits per heavy atom. The molecular weight excluding hydrogens is 394 g/mol. The van der Waals surface area contributed by atoms with E-state index in [9.17, 15) is 9.90 Å². The Balaban J connectivity index is 1.54. The Morgan fingerprint density at radius 2 is 1.71 bits per heavy atom. The number of likely N-dealkylation sites (tertiary alicyclic amines) is 1. The molecule has 6 nitrogen and oxygen atoms in total. The van der Waals surface area contributed by atoms with E-state index < -0.39 is 12.0 Å². The van der Waals surface area contributed by atoms with Gasteiger partial charge in [0.1, 0.15) is 17.5 Å². The first kappa shape index (κ1) is 19.5. The Hall–Kier alpha value is -3.51. The highest BCUT2D eigenvalue weighted by molar-refractivity contribution is 5.74. The molecule has 0 amide bonds. The molecule has 0 bridgehead atoms. The minimum Gasteiger partial charge on any atom is -0.480 e. The SMILES string of the molecule is O=C(O)C1CCCN1C(c1cccc(Oc2ccccc2)c1)c1ccc2c(c1)OCO2. The van der Waals surface area contributed by atoms with Crippen LogP contribution in [0.5, 0.6) is 23.0 Å². The summed E-state index contributed by atoms with van der Waals surface area (Å²) in [5.41, 5.74) is 1.94. The summed E-state index contributed by atoms with van der Waals surface area (Å²) in [5, 5.41) is 9.82. The van der Waals surface area contributed by atoms with Crippen LogP contribution in [-0.2, 0) is 4.79 Å². The number of carboxylic acids is 1. The third-order valence-corrected chi connectivity index (χ3v) is 5.78. The van der Waals surface area contributed by atoms with E-state index in [1.807, 2.05) is 72.8 Å². The fourth-order valence-electron chi connectivity index (χ4n) is 4.39. The highest BCUT2D eigenvalue weighted by Crippen LogP contribution is 2.41. The fraction of sp³-hybridized carbons (Fsp3) is 0.240. The van der Waals surface area contributed by atoms with Gasteiger partial charge in [-0.15, -0.1) is 0 Å². The van der Waals surface area contributed by atoms with Gasteiger partial charge in [0.25, 0.3) is 0 Å². The Morgan fingerprint density at radius 1 is 0.935 bits per heavy atom. The number of benzene rings is 3. The van der Waals surface area contributed by atoms with Crippen LogP contribution in [0.25, 0.3) is 0 Å². The predicted molar refractivity (Wildman–Crippen MR) is 115 cm³/mol. The van der Waals surface area contributed by atoms with Gasteiger partial charge in [0.2, 0.25) is 6.79 Å². The van der Waals surface area contributed by atoms with Crippen molar-refractivity contribution in [1.29, 1.82) is 0 Å². The molecule has 5 rings (SSSR count). The molecule has 2 aliphatic rings. The van der Waals surface area contributed by atoms with E-state index in [-0.39, 0.29) is 12.8 Å². The van der Waals surface area contributed by atoms with Crippen LogP contribution in [0.3, 0.4) is 0 Å². The normalized spacial score (nSPS) is 18.6. The smallest absolute Gasteiger partial charge is 0.320 e. The zero-order chi connectivity index (χ0) is 21.2. The van der Waals surface area contributed by atoms with Gasteiger partial charge in [0, 0.05) is 6.54 Å². The quantitative estimate of drug-likeness (QED) is 0.619. The summed E-state index contributed by atoms with van der Waals surface area (Å²) in [4.78, 5) is 14.0. The summed E-state index contributed by atoms with van der Waals surface area (Å²) in [6, 6.07) is 22.5. The van der Waals surface area contributed by atoms with E-state index in [0.29, 0.717) is 30.2 Å². The first-order valence-corrected chi connectivity index (χ1v) is 10.4. The van der Waals surface area contributed by atoms with Crippen molar-refractivity contribution in [3.05, 3.63) is 83.9 Å². The summed E-state index contributed by atoms with van der Waals surface area (Å²) < 4.78 is 17.1. The van der Waals surface area contributed by atoms with Gasteiger partial charge in [-0.1, -0.05) is 36.4 Å². The van der Waals surface area contributed by atoms with Crippen molar-refractivity contribution in [3.8, 4) is 23.0 Å². The number of aliphatic carboxylic acids is 1. The second-order valence-electron chi connectivity index (χ2n) is 7.74. The van der Waals surface area contributed by atoms with Crippen LogP contribution in [0.1, 0.15) is 30.0 Å². The van der Waals surface area contributed by atoms with Crippen molar-refractivity contribution in [2.75, 3.05) is 13.3 Å². The molecule has 2 heterocycles. The predicted octanol–water partition coefficient (Wildman–Crippen LogP) is 4.85. The molecule has 1 saturated heterocycles. The number of carboxylic acid groups (broad SMARTS) is 1. The summed E-state index contributed by atoms with van der Waals surface area (Å²) in [7, 11) is 0. The van der Waals surface area contributed by atoms with Gasteiger partial charge in [-0.3, -0.25) is 9.69 Å². The maximum Gasteiger partial charge on any atom is 0.320 e. The average Bonchev–Trinajstić information content (AvgIpc) is 3.44. The van der Waals surface area contributed by atoms with Crippen molar-refractivity contribution in [1.82, 2.24) is 4.90 Å². The third kappa shape index (κ3) is 3.94. The molecule has 6 heteroatoms. The number of nitrogens with zero attached hydrogens (tertiary/aromatic N) is 1. The van der Waals surface area contributed by atoms with E-state index in [0.717, 1.165) is 23.3 Å². The zero-order valence-corrected chi connectivity index (χ0v) is 16.9. The van der Waals surface area contributed by atoms with Crippen molar-refractivity contribution in [3.63, 3.8) is 0 Å². The van der Waals surface area contributed by atoms with E-state index in [1.54, 1.807) is 0 Å². The second-order valence-corrected chi connectivity index (χ2v) is 7.74. The highest BCUT2D eigenvalue weighted by Gasteiger charge is 2.37. The second kappa shape index (κ2) is 8.32. The molecule has 0 spiro atoms. The lowest BCUT2D eigenvalue weighted by Gasteiger charge is -2.32. The van der Waals surface area contributed by atoms with Crippen LogP contribution in [0, 0.1) is 0 Å². The van der Waals surface area contributed by atoms with Gasteiger partial charge >= 0.3 is 5.97 Å². The molecule has 0 saturated carbocycles. The maximum absolute atomic E-state index is 12.0. The van der Waals surface area contributed by atoms with Crippen molar-refractivity contribution < 1.29 is 24.1 Å². The Kier molecular flexibility index (Phi) is 5.22. The topological polar surface area (TPSA) is 68.2 Å². The monoisotopic (exact) mass is 417 g/mol. The molecule has 158 valence electrons. The van der Waals surface area contributed by atoms with Gasteiger partial charge in [-0.25, -0.2) is 0 Å².